The summed E-state index contributed by atoms with van der Waals surface area (Å²) in [7, 11) is 0. The monoisotopic (exact) mass is 331 g/mol. The lowest BCUT2D eigenvalue weighted by Gasteiger charge is -2.23. The minimum atomic E-state index is 0.491. The van der Waals surface area contributed by atoms with E-state index < -0.39 is 0 Å². The van der Waals surface area contributed by atoms with E-state index in [-0.39, 0.29) is 0 Å². The summed E-state index contributed by atoms with van der Waals surface area (Å²) in [5.41, 5.74) is 2.65. The van der Waals surface area contributed by atoms with Crippen molar-refractivity contribution in [1.29, 1.82) is 0 Å². The van der Waals surface area contributed by atoms with Crippen LogP contribution in [-0.4, -0.2) is 26.0 Å². The Morgan fingerprint density at radius 1 is 0.840 bits per heavy atom. The molecule has 0 atom stereocenters. The quantitative estimate of drug-likeness (QED) is 0.770. The van der Waals surface area contributed by atoms with Crippen molar-refractivity contribution in [2.24, 2.45) is 0 Å². The van der Waals surface area contributed by atoms with Crippen LogP contribution in [0.2, 0.25) is 0 Å². The molecule has 0 bridgehead atoms. The molecule has 5 heteroatoms. The number of rotatable bonds is 4. The molecule has 0 spiro atoms. The number of hydrogen-bond donors (Lipinski definition) is 1. The third-order valence-corrected chi connectivity index (χ3v) is 4.55. The topological polar surface area (TPSA) is 63.6 Å². The third-order valence-electron chi connectivity index (χ3n) is 4.55. The molecule has 0 radical (unpaired) electrons. The molecular formula is C20H21N5. The highest BCUT2D eigenvalue weighted by Crippen LogP contribution is 2.25. The molecule has 3 aromatic rings. The average Bonchev–Trinajstić information content (AvgIpc) is 2.70. The zero-order valence-electron chi connectivity index (χ0n) is 14.1. The fraction of sp³-hybridized carbons (Fsp3) is 0.300. The Morgan fingerprint density at radius 2 is 1.68 bits per heavy atom. The van der Waals surface area contributed by atoms with E-state index in [4.69, 9.17) is 9.97 Å². The molecule has 4 rings (SSSR count). The molecule has 0 aromatic carbocycles. The molecule has 0 amide bonds. The Labute approximate surface area is 147 Å². The predicted octanol–water partition coefficient (Wildman–Crippen LogP) is 4.35. The first-order valence-corrected chi connectivity index (χ1v) is 8.86. The summed E-state index contributed by atoms with van der Waals surface area (Å²) in [5.74, 6) is 1.57. The maximum absolute atomic E-state index is 4.75. The highest BCUT2D eigenvalue weighted by Gasteiger charge is 2.15. The van der Waals surface area contributed by atoms with Gasteiger partial charge in [0.25, 0.3) is 0 Å². The molecule has 1 aliphatic rings. The molecule has 126 valence electrons. The van der Waals surface area contributed by atoms with Crippen LogP contribution in [0.3, 0.4) is 0 Å². The van der Waals surface area contributed by atoms with Crippen molar-refractivity contribution in [3.05, 3.63) is 55.0 Å². The lowest BCUT2D eigenvalue weighted by molar-refractivity contribution is 0.462. The van der Waals surface area contributed by atoms with Crippen molar-refractivity contribution >= 4 is 5.82 Å². The first-order valence-electron chi connectivity index (χ1n) is 8.86. The van der Waals surface area contributed by atoms with Gasteiger partial charge in [0.15, 0.2) is 5.82 Å². The maximum atomic E-state index is 4.75. The van der Waals surface area contributed by atoms with Crippen LogP contribution in [0.4, 0.5) is 5.82 Å². The summed E-state index contributed by atoms with van der Waals surface area (Å²) in [6.45, 7) is 0. The number of aromatic nitrogens is 4. The molecule has 1 saturated carbocycles. The standard InChI is InChI=1S/C20H21N5/c1-2-6-16(7-3-1)23-19-14-18(17-8-4-5-11-22-17)24-20(25-19)15-9-12-21-13-10-15/h4-5,8-14,16H,1-3,6-7H2,(H,23,24,25). The second-order valence-electron chi connectivity index (χ2n) is 6.39. The van der Waals surface area contributed by atoms with E-state index in [1.807, 2.05) is 36.4 Å². The average molecular weight is 331 g/mol. The second kappa shape index (κ2) is 7.38. The third kappa shape index (κ3) is 3.82. The van der Waals surface area contributed by atoms with Gasteiger partial charge >= 0.3 is 0 Å². The molecule has 5 nitrogen and oxygen atoms in total. The van der Waals surface area contributed by atoms with Crippen molar-refractivity contribution in [2.45, 2.75) is 38.1 Å². The van der Waals surface area contributed by atoms with Crippen LogP contribution in [0, 0.1) is 0 Å². The van der Waals surface area contributed by atoms with Crippen LogP contribution in [0.25, 0.3) is 22.8 Å². The number of anilines is 1. The summed E-state index contributed by atoms with van der Waals surface area (Å²) in [6.07, 6.45) is 11.6. The summed E-state index contributed by atoms with van der Waals surface area (Å²) in [5, 5.41) is 3.61. The van der Waals surface area contributed by atoms with Gasteiger partial charge in [0, 0.05) is 36.3 Å². The van der Waals surface area contributed by atoms with Gasteiger partial charge in [0.1, 0.15) is 5.82 Å². The largest absolute Gasteiger partial charge is 0.367 e. The summed E-state index contributed by atoms with van der Waals surface area (Å²) in [6, 6.07) is 12.2. The Balaban J connectivity index is 1.72. The Morgan fingerprint density at radius 3 is 2.44 bits per heavy atom. The van der Waals surface area contributed by atoms with Crippen molar-refractivity contribution in [2.75, 3.05) is 5.32 Å². The molecular weight excluding hydrogens is 310 g/mol. The molecule has 0 unspecified atom stereocenters. The van der Waals surface area contributed by atoms with Crippen molar-refractivity contribution in [3.63, 3.8) is 0 Å². The maximum Gasteiger partial charge on any atom is 0.162 e. The molecule has 3 heterocycles. The fourth-order valence-corrected chi connectivity index (χ4v) is 3.25. The highest BCUT2D eigenvalue weighted by atomic mass is 15.1. The van der Waals surface area contributed by atoms with Gasteiger partial charge in [-0.2, -0.15) is 0 Å². The normalized spacial score (nSPS) is 15.0. The Kier molecular flexibility index (Phi) is 4.63. The fourth-order valence-electron chi connectivity index (χ4n) is 3.25. The van der Waals surface area contributed by atoms with Gasteiger partial charge in [0.05, 0.1) is 11.4 Å². The Bertz CT molecular complexity index is 756. The van der Waals surface area contributed by atoms with Gasteiger partial charge in [-0.3, -0.25) is 9.97 Å². The van der Waals surface area contributed by atoms with Gasteiger partial charge in [0.2, 0.25) is 0 Å². The van der Waals surface area contributed by atoms with Gasteiger partial charge < -0.3 is 5.32 Å². The molecule has 25 heavy (non-hydrogen) atoms. The van der Waals surface area contributed by atoms with Crippen LogP contribution in [-0.2, 0) is 0 Å². The van der Waals surface area contributed by atoms with Gasteiger partial charge in [-0.15, -0.1) is 0 Å². The molecule has 3 aromatic heterocycles. The van der Waals surface area contributed by atoms with Crippen molar-refractivity contribution < 1.29 is 0 Å². The molecule has 1 fully saturated rings. The minimum absolute atomic E-state index is 0.491. The number of pyridine rings is 2. The molecule has 1 N–H and O–H groups in total. The number of hydrogen-bond acceptors (Lipinski definition) is 5. The van der Waals surface area contributed by atoms with E-state index in [1.54, 1.807) is 18.6 Å². The molecule has 0 saturated heterocycles. The van der Waals surface area contributed by atoms with E-state index in [2.05, 4.69) is 15.3 Å². The van der Waals surface area contributed by atoms with Crippen LogP contribution >= 0.6 is 0 Å². The zero-order chi connectivity index (χ0) is 16.9. The van der Waals surface area contributed by atoms with E-state index in [9.17, 15) is 0 Å². The van der Waals surface area contributed by atoms with Crippen molar-refractivity contribution in [3.8, 4) is 22.8 Å². The van der Waals surface area contributed by atoms with Crippen LogP contribution < -0.4 is 5.32 Å². The number of nitrogens with one attached hydrogen (secondary N) is 1. The molecule has 0 aliphatic heterocycles. The SMILES string of the molecule is c1ccc(-c2cc(NC3CCCCC3)nc(-c3ccncc3)n2)nc1. The lowest BCUT2D eigenvalue weighted by Crippen LogP contribution is -2.23. The minimum Gasteiger partial charge on any atom is -0.367 e. The van der Waals surface area contributed by atoms with Gasteiger partial charge in [-0.05, 0) is 37.1 Å². The smallest absolute Gasteiger partial charge is 0.162 e. The van der Waals surface area contributed by atoms with Crippen molar-refractivity contribution in [1.82, 2.24) is 19.9 Å². The first-order chi connectivity index (χ1) is 12.4. The molecule has 1 aliphatic carbocycles. The highest BCUT2D eigenvalue weighted by molar-refractivity contribution is 5.65. The summed E-state index contributed by atoms with van der Waals surface area (Å²) in [4.78, 5) is 18.0. The summed E-state index contributed by atoms with van der Waals surface area (Å²) < 4.78 is 0. The predicted molar refractivity (Wildman–Crippen MR) is 99.0 cm³/mol. The number of nitrogens with zero attached hydrogens (tertiary/aromatic N) is 4. The first kappa shape index (κ1) is 15.7. The van der Waals surface area contributed by atoms with E-state index in [1.165, 1.54) is 32.1 Å². The van der Waals surface area contributed by atoms with Crippen LogP contribution in [0.1, 0.15) is 32.1 Å². The van der Waals surface area contributed by atoms with E-state index in [0.717, 1.165) is 22.8 Å². The summed E-state index contributed by atoms with van der Waals surface area (Å²) >= 11 is 0. The van der Waals surface area contributed by atoms with Crippen LogP contribution in [0.15, 0.2) is 55.0 Å². The van der Waals surface area contributed by atoms with Crippen LogP contribution in [0.5, 0.6) is 0 Å². The van der Waals surface area contributed by atoms with Gasteiger partial charge in [-0.1, -0.05) is 25.3 Å². The lowest BCUT2D eigenvalue weighted by atomic mass is 9.95. The Hall–Kier alpha value is -2.82. The van der Waals surface area contributed by atoms with Gasteiger partial charge in [-0.25, -0.2) is 9.97 Å². The van der Waals surface area contributed by atoms with E-state index >= 15 is 0 Å². The zero-order valence-corrected chi connectivity index (χ0v) is 14.1. The van der Waals surface area contributed by atoms with E-state index in [0.29, 0.717) is 11.9 Å². The second-order valence-corrected chi connectivity index (χ2v) is 6.39.